The van der Waals surface area contributed by atoms with Crippen LogP contribution in [-0.2, 0) is 11.8 Å². The highest BCUT2D eigenvalue weighted by Gasteiger charge is 2.39. The van der Waals surface area contributed by atoms with Gasteiger partial charge in [-0.1, -0.05) is 26.0 Å². The molecule has 0 radical (unpaired) electrons. The minimum absolute atomic E-state index is 0.168. The summed E-state index contributed by atoms with van der Waals surface area (Å²) in [5, 5.41) is 12.4. The Morgan fingerprint density at radius 3 is 2.89 bits per heavy atom. The van der Waals surface area contributed by atoms with Gasteiger partial charge < -0.3 is 10.0 Å². The molecule has 2 aliphatic rings. The minimum Gasteiger partial charge on any atom is -0.507 e. The van der Waals surface area contributed by atoms with Gasteiger partial charge in [-0.15, -0.1) is 0 Å². The molecule has 98 valence electrons. The molecule has 0 fully saturated rings. The van der Waals surface area contributed by atoms with Crippen molar-refractivity contribution in [2.24, 2.45) is 0 Å². The maximum atomic E-state index is 10.2. The smallest absolute Gasteiger partial charge is 0.123 e. The first-order valence-corrected chi connectivity index (χ1v) is 7.11. The normalized spacial score (nSPS) is 19.8. The van der Waals surface area contributed by atoms with Gasteiger partial charge in [-0.25, -0.2) is 0 Å². The lowest BCUT2D eigenvalue weighted by molar-refractivity contribution is 0.481. The SMILES string of the molecule is CC1(C)CN2CCCc3cc4c(O)cccc4c1c32. The van der Waals surface area contributed by atoms with E-state index in [-0.39, 0.29) is 5.41 Å². The number of aryl methyl sites for hydroxylation is 1. The summed E-state index contributed by atoms with van der Waals surface area (Å²) in [6.07, 6.45) is 2.36. The molecule has 0 atom stereocenters. The van der Waals surface area contributed by atoms with Gasteiger partial charge in [-0.05, 0) is 41.5 Å². The van der Waals surface area contributed by atoms with Crippen LogP contribution in [0.5, 0.6) is 5.75 Å². The van der Waals surface area contributed by atoms with Crippen molar-refractivity contribution in [1.82, 2.24) is 0 Å². The predicted molar refractivity (Wildman–Crippen MR) is 79.2 cm³/mol. The van der Waals surface area contributed by atoms with E-state index in [0.29, 0.717) is 5.75 Å². The largest absolute Gasteiger partial charge is 0.507 e. The molecule has 4 rings (SSSR count). The summed E-state index contributed by atoms with van der Waals surface area (Å²) in [6.45, 7) is 6.92. The molecular formula is C17H19NO. The molecule has 0 unspecified atom stereocenters. The average molecular weight is 253 g/mol. The first-order chi connectivity index (χ1) is 9.08. The molecule has 2 nitrogen and oxygen atoms in total. The Morgan fingerprint density at radius 1 is 1.21 bits per heavy atom. The van der Waals surface area contributed by atoms with Crippen molar-refractivity contribution < 1.29 is 5.11 Å². The van der Waals surface area contributed by atoms with Crippen molar-refractivity contribution in [2.45, 2.75) is 32.1 Å². The third kappa shape index (κ3) is 1.37. The van der Waals surface area contributed by atoms with Crippen molar-refractivity contribution in [2.75, 3.05) is 18.0 Å². The Labute approximate surface area is 113 Å². The molecule has 2 heterocycles. The van der Waals surface area contributed by atoms with Crippen LogP contribution >= 0.6 is 0 Å². The van der Waals surface area contributed by atoms with Crippen LogP contribution in [-0.4, -0.2) is 18.2 Å². The van der Waals surface area contributed by atoms with Crippen molar-refractivity contribution in [3.8, 4) is 5.75 Å². The fraction of sp³-hybridized carbons (Fsp3) is 0.412. The van der Waals surface area contributed by atoms with Crippen LogP contribution < -0.4 is 4.90 Å². The van der Waals surface area contributed by atoms with Crippen molar-refractivity contribution >= 4 is 16.5 Å². The van der Waals surface area contributed by atoms with Crippen molar-refractivity contribution in [3.63, 3.8) is 0 Å². The molecule has 2 aliphatic heterocycles. The number of fused-ring (bicyclic) bond motifs is 2. The maximum absolute atomic E-state index is 10.2. The van der Waals surface area contributed by atoms with Crippen LogP contribution in [0.15, 0.2) is 24.3 Å². The van der Waals surface area contributed by atoms with Gasteiger partial charge in [0.1, 0.15) is 5.75 Å². The monoisotopic (exact) mass is 253 g/mol. The highest BCUT2D eigenvalue weighted by Crippen LogP contribution is 2.49. The second-order valence-corrected chi connectivity index (χ2v) is 6.54. The highest BCUT2D eigenvalue weighted by molar-refractivity contribution is 5.98. The van der Waals surface area contributed by atoms with E-state index in [0.717, 1.165) is 18.4 Å². The van der Waals surface area contributed by atoms with Gasteiger partial charge in [0.2, 0.25) is 0 Å². The molecule has 0 spiro atoms. The molecule has 0 aromatic heterocycles. The predicted octanol–water partition coefficient (Wildman–Crippen LogP) is 3.59. The second-order valence-electron chi connectivity index (χ2n) is 6.54. The standard InChI is InChI=1S/C17H19NO/c1-17(2)10-18-8-4-5-11-9-13-12(15(17)16(11)18)6-3-7-14(13)19/h3,6-7,9,19H,4-5,8,10H2,1-2H3. The molecule has 0 saturated heterocycles. The Morgan fingerprint density at radius 2 is 2.05 bits per heavy atom. The summed E-state index contributed by atoms with van der Waals surface area (Å²) in [6, 6.07) is 8.12. The molecule has 2 heteroatoms. The van der Waals surface area contributed by atoms with E-state index in [1.165, 1.54) is 35.2 Å². The molecule has 1 N–H and O–H groups in total. The number of hydrogen-bond acceptors (Lipinski definition) is 2. The van der Waals surface area contributed by atoms with Gasteiger partial charge in [-0.2, -0.15) is 0 Å². The van der Waals surface area contributed by atoms with Crippen LogP contribution in [0, 0.1) is 0 Å². The van der Waals surface area contributed by atoms with Crippen molar-refractivity contribution in [1.29, 1.82) is 0 Å². The lowest BCUT2D eigenvalue weighted by Gasteiger charge is -2.27. The zero-order valence-corrected chi connectivity index (χ0v) is 11.5. The number of rotatable bonds is 0. The van der Waals surface area contributed by atoms with Crippen molar-refractivity contribution in [3.05, 3.63) is 35.4 Å². The minimum atomic E-state index is 0.168. The molecular weight excluding hydrogens is 234 g/mol. The summed E-state index contributed by atoms with van der Waals surface area (Å²) >= 11 is 0. The van der Waals surface area contributed by atoms with Gasteiger partial charge in [0.05, 0.1) is 0 Å². The summed E-state index contributed by atoms with van der Waals surface area (Å²) in [4.78, 5) is 2.54. The number of phenolic OH excluding ortho intramolecular Hbond substituents is 1. The Kier molecular flexibility index (Phi) is 2.02. The van der Waals surface area contributed by atoms with Gasteiger partial charge in [0.15, 0.2) is 0 Å². The van der Waals surface area contributed by atoms with Crippen LogP contribution in [0.3, 0.4) is 0 Å². The topological polar surface area (TPSA) is 23.5 Å². The zero-order valence-electron chi connectivity index (χ0n) is 11.5. The van der Waals surface area contributed by atoms with Gasteiger partial charge in [0, 0.05) is 29.6 Å². The molecule has 19 heavy (non-hydrogen) atoms. The van der Waals surface area contributed by atoms with E-state index < -0.39 is 0 Å². The van der Waals surface area contributed by atoms with E-state index in [1.54, 1.807) is 6.07 Å². The lowest BCUT2D eigenvalue weighted by Crippen LogP contribution is -2.31. The molecule has 0 amide bonds. The fourth-order valence-corrected chi connectivity index (χ4v) is 3.98. The fourth-order valence-electron chi connectivity index (χ4n) is 3.98. The third-order valence-electron chi connectivity index (χ3n) is 4.67. The number of benzene rings is 2. The number of phenols is 1. The van der Waals surface area contributed by atoms with Gasteiger partial charge >= 0.3 is 0 Å². The Balaban J connectivity index is 2.18. The third-order valence-corrected chi connectivity index (χ3v) is 4.67. The highest BCUT2D eigenvalue weighted by atomic mass is 16.3. The van der Waals surface area contributed by atoms with Crippen LogP contribution in [0.4, 0.5) is 5.69 Å². The van der Waals surface area contributed by atoms with Crippen LogP contribution in [0.2, 0.25) is 0 Å². The second kappa shape index (κ2) is 3.44. The summed E-state index contributed by atoms with van der Waals surface area (Å²) in [5.74, 6) is 0.413. The van der Waals surface area contributed by atoms with E-state index in [4.69, 9.17) is 0 Å². The summed E-state index contributed by atoms with van der Waals surface area (Å²) in [5.41, 5.74) is 4.48. The molecule has 0 bridgehead atoms. The summed E-state index contributed by atoms with van der Waals surface area (Å²) < 4.78 is 0. The van der Waals surface area contributed by atoms with E-state index in [9.17, 15) is 5.11 Å². The number of anilines is 1. The molecule has 2 aromatic carbocycles. The maximum Gasteiger partial charge on any atom is 0.123 e. The zero-order chi connectivity index (χ0) is 13.2. The van der Waals surface area contributed by atoms with E-state index in [2.05, 4.69) is 30.9 Å². The lowest BCUT2D eigenvalue weighted by atomic mass is 9.82. The summed E-state index contributed by atoms with van der Waals surface area (Å²) in [7, 11) is 0. The van der Waals surface area contributed by atoms with E-state index in [1.807, 2.05) is 6.07 Å². The number of hydrogen-bond donors (Lipinski definition) is 1. The van der Waals surface area contributed by atoms with Crippen LogP contribution in [0.1, 0.15) is 31.4 Å². The van der Waals surface area contributed by atoms with Gasteiger partial charge in [0.25, 0.3) is 0 Å². The Bertz CT molecular complexity index is 687. The molecule has 0 aliphatic carbocycles. The van der Waals surface area contributed by atoms with E-state index >= 15 is 0 Å². The van der Waals surface area contributed by atoms with Gasteiger partial charge in [-0.3, -0.25) is 0 Å². The molecule has 0 saturated carbocycles. The van der Waals surface area contributed by atoms with Crippen LogP contribution in [0.25, 0.3) is 10.8 Å². The number of nitrogens with zero attached hydrogens (tertiary/aromatic N) is 1. The Hall–Kier alpha value is -1.70. The average Bonchev–Trinajstić information content (AvgIpc) is 2.64. The molecule has 2 aromatic rings. The first-order valence-electron chi connectivity index (χ1n) is 7.11. The number of aromatic hydroxyl groups is 1. The first kappa shape index (κ1) is 11.2. The quantitative estimate of drug-likeness (QED) is 0.775.